The first kappa shape index (κ1) is 52.3. The van der Waals surface area contributed by atoms with Crippen molar-refractivity contribution in [1.29, 1.82) is 0 Å². The van der Waals surface area contributed by atoms with Crippen molar-refractivity contribution in [3.05, 3.63) is 262 Å². The molecule has 2 fully saturated rings. The zero-order valence-corrected chi connectivity index (χ0v) is 41.3. The van der Waals surface area contributed by atoms with E-state index in [4.69, 9.17) is 47.4 Å². The van der Waals surface area contributed by atoms with Gasteiger partial charge in [0, 0.05) is 4.91 Å². The molecular weight excluding hydrogens is 935 g/mol. The van der Waals surface area contributed by atoms with Crippen LogP contribution in [0.3, 0.4) is 0 Å². The molecule has 74 heavy (non-hydrogen) atoms. The molecule has 9 rings (SSSR count). The second-order valence-electron chi connectivity index (χ2n) is 18.2. The number of ether oxygens (including phenoxy) is 10. The fourth-order valence-corrected chi connectivity index (χ4v) is 9.10. The van der Waals surface area contributed by atoms with Crippen molar-refractivity contribution in [2.24, 2.45) is 5.11 Å². The van der Waals surface area contributed by atoms with E-state index in [1.807, 2.05) is 212 Å². The molecule has 13 nitrogen and oxygen atoms in total. The van der Waals surface area contributed by atoms with Crippen LogP contribution in [0.15, 0.2) is 217 Å². The van der Waals surface area contributed by atoms with E-state index in [2.05, 4.69) is 10.0 Å². The van der Waals surface area contributed by atoms with Crippen LogP contribution in [0.25, 0.3) is 10.4 Å². The molecule has 10 atom stereocenters. The largest absolute Gasteiger partial charge is 0.374 e. The van der Waals surface area contributed by atoms with E-state index in [-0.39, 0.29) is 46.2 Å². The molecule has 0 amide bonds. The van der Waals surface area contributed by atoms with E-state index >= 15 is 0 Å². The quantitative estimate of drug-likeness (QED) is 0.0292. The summed E-state index contributed by atoms with van der Waals surface area (Å²) in [4.78, 5) is 3.41. The predicted octanol–water partition coefficient (Wildman–Crippen LogP) is 11.5. The Bertz CT molecular complexity index is 2690. The van der Waals surface area contributed by atoms with Crippen LogP contribution < -0.4 is 0 Å². The van der Waals surface area contributed by atoms with Gasteiger partial charge in [0.15, 0.2) is 12.6 Å². The van der Waals surface area contributed by atoms with Gasteiger partial charge in [0.1, 0.15) is 48.8 Å². The van der Waals surface area contributed by atoms with Gasteiger partial charge in [0.05, 0.1) is 59.5 Å². The predicted molar refractivity (Wildman–Crippen MR) is 279 cm³/mol. The maximum atomic E-state index is 10.5. The molecule has 0 unspecified atom stereocenters. The molecule has 0 aliphatic carbocycles. The Morgan fingerprint density at radius 2 is 0.635 bits per heavy atom. The molecule has 0 bridgehead atoms. The summed E-state index contributed by atoms with van der Waals surface area (Å²) in [5.74, 6) is 0. The Hall–Kier alpha value is -6.55. The number of azide groups is 1. The second-order valence-corrected chi connectivity index (χ2v) is 18.2. The van der Waals surface area contributed by atoms with Gasteiger partial charge in [0.2, 0.25) is 0 Å². The third kappa shape index (κ3) is 15.3. The molecule has 2 heterocycles. The van der Waals surface area contributed by atoms with Crippen molar-refractivity contribution in [1.82, 2.24) is 0 Å². The minimum absolute atomic E-state index is 0.0802. The van der Waals surface area contributed by atoms with Crippen LogP contribution in [-0.4, -0.2) is 74.6 Å². The van der Waals surface area contributed by atoms with E-state index in [1.54, 1.807) is 0 Å². The van der Waals surface area contributed by atoms with Crippen LogP contribution in [0.2, 0.25) is 0 Å². The van der Waals surface area contributed by atoms with Crippen molar-refractivity contribution in [2.45, 2.75) is 108 Å². The van der Waals surface area contributed by atoms with Gasteiger partial charge in [-0.2, -0.15) is 0 Å². The molecule has 2 aliphatic rings. The Labute approximate surface area is 433 Å². The maximum Gasteiger partial charge on any atom is 0.187 e. The van der Waals surface area contributed by atoms with Gasteiger partial charge in [-0.25, -0.2) is 0 Å². The first-order valence-corrected chi connectivity index (χ1v) is 25.2. The van der Waals surface area contributed by atoms with E-state index < -0.39 is 61.3 Å². The van der Waals surface area contributed by atoms with Crippen molar-refractivity contribution in [2.75, 3.05) is 13.2 Å². The molecule has 0 N–H and O–H groups in total. The first-order valence-electron chi connectivity index (χ1n) is 25.2. The summed E-state index contributed by atoms with van der Waals surface area (Å²) in [6.07, 6.45) is -8.31. The third-order valence-electron chi connectivity index (χ3n) is 12.9. The number of hydrogen-bond acceptors (Lipinski definition) is 11. The summed E-state index contributed by atoms with van der Waals surface area (Å²) in [7, 11) is 0. The molecule has 2 saturated heterocycles. The van der Waals surface area contributed by atoms with Crippen LogP contribution in [0, 0.1) is 0 Å². The lowest BCUT2D eigenvalue weighted by atomic mass is 9.95. The molecule has 0 spiro atoms. The summed E-state index contributed by atoms with van der Waals surface area (Å²) in [5.41, 5.74) is 17.1. The maximum absolute atomic E-state index is 10.5. The lowest BCUT2D eigenvalue weighted by molar-refractivity contribution is -0.363. The van der Waals surface area contributed by atoms with Gasteiger partial charge in [-0.15, -0.1) is 0 Å². The van der Waals surface area contributed by atoms with Gasteiger partial charge in [-0.05, 0) is 44.5 Å². The zero-order chi connectivity index (χ0) is 50.4. The number of rotatable bonds is 26. The van der Waals surface area contributed by atoms with Gasteiger partial charge in [-0.1, -0.05) is 217 Å². The average molecular weight is 998 g/mol. The van der Waals surface area contributed by atoms with Crippen molar-refractivity contribution < 1.29 is 47.4 Å². The molecule has 382 valence electrons. The van der Waals surface area contributed by atoms with E-state index in [0.717, 1.165) is 38.9 Å². The topological polar surface area (TPSA) is 141 Å². The van der Waals surface area contributed by atoms with E-state index in [9.17, 15) is 5.53 Å². The molecular formula is C61H63N3O10. The summed E-state index contributed by atoms with van der Waals surface area (Å²) in [6, 6.07) is 68.1. The average Bonchev–Trinajstić information content (AvgIpc) is 3.46. The second kappa shape index (κ2) is 28.2. The molecule has 7 aromatic carbocycles. The number of benzene rings is 7. The molecule has 0 saturated carbocycles. The molecule has 7 aromatic rings. The van der Waals surface area contributed by atoms with Gasteiger partial charge in [-0.3, -0.25) is 0 Å². The minimum atomic E-state index is -1.26. The van der Waals surface area contributed by atoms with Crippen LogP contribution in [0.5, 0.6) is 0 Å². The first-order chi connectivity index (χ1) is 36.7. The number of hydrogen-bond donors (Lipinski definition) is 0. The van der Waals surface area contributed by atoms with Crippen LogP contribution in [-0.2, 0) is 93.6 Å². The van der Waals surface area contributed by atoms with Crippen LogP contribution in [0.1, 0.15) is 38.9 Å². The van der Waals surface area contributed by atoms with Gasteiger partial charge in [0.25, 0.3) is 0 Å². The van der Waals surface area contributed by atoms with Crippen LogP contribution >= 0.6 is 0 Å². The normalized spacial score (nSPS) is 23.7. The van der Waals surface area contributed by atoms with Crippen molar-refractivity contribution in [3.63, 3.8) is 0 Å². The Morgan fingerprint density at radius 1 is 0.338 bits per heavy atom. The fraction of sp³-hybridized carbons (Fsp3) is 0.311. The highest BCUT2D eigenvalue weighted by Crippen LogP contribution is 2.37. The Kier molecular flexibility index (Phi) is 19.9. The highest BCUT2D eigenvalue weighted by atomic mass is 16.8. The van der Waals surface area contributed by atoms with Crippen LogP contribution in [0.4, 0.5) is 0 Å². The summed E-state index contributed by atoms with van der Waals surface area (Å²) >= 11 is 0. The smallest absolute Gasteiger partial charge is 0.187 e. The Balaban J connectivity index is 1.11. The standard InChI is InChI=1S/C61H63N3O10/c62-64-63-54-57(69-40-49-30-16-5-17-31-49)55(67-38-47-26-12-3-13-27-47)52(43-65-36-45-22-8-1-9-23-45)72-60(54)74-58-56(68-39-48-28-14-4-15-29-48)53(44-66-37-46-24-10-2-11-25-46)73-61(71-42-51-34-20-7-21-35-51)59(58)70-41-50-32-18-6-19-33-50/h1-35,52-61H,36-44H2/t52-,53-,54-,55+,56-,57-,58+,59-,60+,61-/m1/s1. The SMILES string of the molecule is [N-]=[N+]=N[C@H]1[C@H](O[C@@H]2[C@@H](OCc3ccccc3)[C@H](OCc3ccccc3)O[C@H](COCc3ccccc3)[C@H]2OCc2ccccc2)O[C@H](COCc2ccccc2)[C@H](OCc2ccccc2)[C@@H]1OCc1ccccc1. The van der Waals surface area contributed by atoms with Crippen molar-refractivity contribution >= 4 is 0 Å². The molecule has 2 aliphatic heterocycles. The van der Waals surface area contributed by atoms with Gasteiger partial charge >= 0.3 is 0 Å². The number of nitrogens with zero attached hydrogens (tertiary/aromatic N) is 3. The molecule has 13 heteroatoms. The monoisotopic (exact) mass is 997 g/mol. The van der Waals surface area contributed by atoms with E-state index in [1.165, 1.54) is 0 Å². The third-order valence-corrected chi connectivity index (χ3v) is 12.9. The summed E-state index contributed by atoms with van der Waals surface area (Å²) in [5, 5.41) is 4.44. The highest BCUT2D eigenvalue weighted by Gasteiger charge is 2.54. The van der Waals surface area contributed by atoms with Gasteiger partial charge < -0.3 is 47.4 Å². The minimum Gasteiger partial charge on any atom is -0.374 e. The highest BCUT2D eigenvalue weighted by molar-refractivity contribution is 5.19. The van der Waals surface area contributed by atoms with Crippen molar-refractivity contribution in [3.8, 4) is 0 Å². The zero-order valence-electron chi connectivity index (χ0n) is 41.3. The Morgan fingerprint density at radius 3 is 1.00 bits per heavy atom. The summed E-state index contributed by atoms with van der Waals surface area (Å²) < 4.78 is 68.9. The molecule has 0 radical (unpaired) electrons. The molecule has 0 aromatic heterocycles. The van der Waals surface area contributed by atoms with E-state index in [0.29, 0.717) is 13.2 Å². The fourth-order valence-electron chi connectivity index (χ4n) is 9.10. The lowest BCUT2D eigenvalue weighted by Crippen LogP contribution is -2.66. The lowest BCUT2D eigenvalue weighted by Gasteiger charge is -2.49. The summed E-state index contributed by atoms with van der Waals surface area (Å²) in [6.45, 7) is 1.79.